The van der Waals surface area contributed by atoms with Crippen LogP contribution >= 0.6 is 0 Å². The second-order valence-corrected chi connectivity index (χ2v) is 3.64. The molecule has 0 spiro atoms. The molecule has 1 aliphatic rings. The summed E-state index contributed by atoms with van der Waals surface area (Å²) in [5, 5.41) is 0. The highest BCUT2D eigenvalue weighted by molar-refractivity contribution is 5.85. The number of hydrogen-bond acceptors (Lipinski definition) is 3. The third-order valence-corrected chi connectivity index (χ3v) is 2.36. The van der Waals surface area contributed by atoms with Crippen LogP contribution < -0.4 is 0 Å². The molecule has 18 heavy (non-hydrogen) atoms. The third-order valence-electron chi connectivity index (χ3n) is 2.36. The molecule has 0 atom stereocenters. The van der Waals surface area contributed by atoms with Gasteiger partial charge >= 0.3 is 12.1 Å². The van der Waals surface area contributed by atoms with Crippen LogP contribution in [-0.2, 0) is 4.79 Å². The number of rotatable bonds is 1. The molecule has 0 saturated carbocycles. The van der Waals surface area contributed by atoms with E-state index in [1.54, 1.807) is 0 Å². The Bertz CT molecular complexity index is 495. The Morgan fingerprint density at radius 2 is 1.89 bits per heavy atom. The van der Waals surface area contributed by atoms with Crippen LogP contribution in [0.2, 0.25) is 0 Å². The Morgan fingerprint density at radius 1 is 1.28 bits per heavy atom. The first-order valence-corrected chi connectivity index (χ1v) is 4.91. The average molecular weight is 261 g/mol. The number of amides is 1. The molecule has 0 unspecified atom stereocenters. The van der Waals surface area contributed by atoms with E-state index in [1.165, 1.54) is 6.08 Å². The number of alkyl halides is 3. The summed E-state index contributed by atoms with van der Waals surface area (Å²) in [6.45, 7) is -0.390. The van der Waals surface area contributed by atoms with E-state index < -0.39 is 17.9 Å². The Balaban J connectivity index is 2.08. The highest BCUT2D eigenvalue weighted by Gasteiger charge is 2.43. The van der Waals surface area contributed by atoms with Crippen molar-refractivity contribution in [3.8, 4) is 0 Å². The highest BCUT2D eigenvalue weighted by atomic mass is 19.4. The average Bonchev–Trinajstić information content (AvgIpc) is 2.77. The Kier molecular flexibility index (Phi) is 3.02. The van der Waals surface area contributed by atoms with Crippen molar-refractivity contribution in [2.45, 2.75) is 6.18 Å². The number of aromatic nitrogens is 2. The second-order valence-electron chi connectivity index (χ2n) is 3.64. The van der Waals surface area contributed by atoms with Crippen LogP contribution in [0.3, 0.4) is 0 Å². The smallest absolute Gasteiger partial charge is 0.327 e. The van der Waals surface area contributed by atoms with E-state index in [2.05, 4.69) is 9.97 Å². The van der Waals surface area contributed by atoms with E-state index in [0.717, 1.165) is 12.4 Å². The van der Waals surface area contributed by atoms with Gasteiger partial charge in [0.2, 0.25) is 0 Å². The predicted octanol–water partition coefficient (Wildman–Crippen LogP) is 1.40. The van der Waals surface area contributed by atoms with Crippen molar-refractivity contribution in [2.24, 2.45) is 0 Å². The monoisotopic (exact) mass is 261 g/mol. The van der Waals surface area contributed by atoms with E-state index in [-0.39, 0.29) is 18.9 Å². The summed E-state index contributed by atoms with van der Waals surface area (Å²) < 4.78 is 49.1. The van der Waals surface area contributed by atoms with Gasteiger partial charge in [0.1, 0.15) is 0 Å². The number of halogens is 4. The maximum absolute atomic E-state index is 12.6. The molecule has 4 nitrogen and oxygen atoms in total. The van der Waals surface area contributed by atoms with Gasteiger partial charge in [-0.2, -0.15) is 13.2 Å². The third kappa shape index (κ3) is 2.47. The molecule has 2 heterocycles. The van der Waals surface area contributed by atoms with Gasteiger partial charge < -0.3 is 4.90 Å². The van der Waals surface area contributed by atoms with Crippen LogP contribution in [-0.4, -0.2) is 40.0 Å². The van der Waals surface area contributed by atoms with E-state index in [4.69, 9.17) is 0 Å². The molecule has 0 bridgehead atoms. The molecule has 0 saturated heterocycles. The van der Waals surface area contributed by atoms with Gasteiger partial charge in [0.15, 0.2) is 11.6 Å². The minimum absolute atomic E-state index is 0.119. The summed E-state index contributed by atoms with van der Waals surface area (Å²) in [7, 11) is 0. The molecule has 1 aromatic rings. The van der Waals surface area contributed by atoms with E-state index in [1.807, 2.05) is 0 Å². The molecule has 0 aromatic carbocycles. The van der Waals surface area contributed by atoms with Crippen LogP contribution in [0.15, 0.2) is 18.5 Å². The fourth-order valence-corrected chi connectivity index (χ4v) is 1.53. The number of carbonyl (C=O) groups is 1. The first-order valence-electron chi connectivity index (χ1n) is 4.91. The van der Waals surface area contributed by atoms with Crippen molar-refractivity contribution >= 4 is 11.5 Å². The van der Waals surface area contributed by atoms with Gasteiger partial charge in [-0.25, -0.2) is 14.4 Å². The van der Waals surface area contributed by atoms with E-state index in [9.17, 15) is 22.4 Å². The summed E-state index contributed by atoms with van der Waals surface area (Å²) in [6, 6.07) is 0. The van der Waals surface area contributed by atoms with E-state index >= 15 is 0 Å². The molecular weight excluding hydrogens is 254 g/mol. The summed E-state index contributed by atoms with van der Waals surface area (Å²) in [5.41, 5.74) is 0.368. The molecule has 0 fully saturated rings. The lowest BCUT2D eigenvalue weighted by atomic mass is 10.2. The predicted molar refractivity (Wildman–Crippen MR) is 52.6 cm³/mol. The Labute approximate surface area is 98.9 Å². The fraction of sp³-hybridized carbons (Fsp3) is 0.300. The topological polar surface area (TPSA) is 46.1 Å². The molecular formula is C10H7F4N3O. The standard InChI is InChI=1S/C10H7F4N3O/c11-7-3-15-8(16-4-7)6-1-2-17(5-6)9(18)10(12,13)14/h1,3-4H,2,5H2. The molecule has 8 heteroatoms. The van der Waals surface area contributed by atoms with Crippen molar-refractivity contribution in [2.75, 3.05) is 13.1 Å². The van der Waals surface area contributed by atoms with Gasteiger partial charge in [-0.15, -0.1) is 0 Å². The Hall–Kier alpha value is -1.99. The Morgan fingerprint density at radius 3 is 2.44 bits per heavy atom. The molecule has 1 aromatic heterocycles. The van der Waals surface area contributed by atoms with Gasteiger partial charge in [-0.1, -0.05) is 6.08 Å². The van der Waals surface area contributed by atoms with Gasteiger partial charge in [-0.3, -0.25) is 4.79 Å². The lowest BCUT2D eigenvalue weighted by Crippen LogP contribution is -2.39. The first-order chi connectivity index (χ1) is 8.38. The minimum atomic E-state index is -4.90. The maximum Gasteiger partial charge on any atom is 0.471 e. The molecule has 0 radical (unpaired) electrons. The summed E-state index contributed by atoms with van der Waals surface area (Å²) in [5.74, 6) is -2.43. The lowest BCUT2D eigenvalue weighted by Gasteiger charge is -2.17. The molecule has 0 aliphatic carbocycles. The summed E-state index contributed by atoms with van der Waals surface area (Å²) >= 11 is 0. The van der Waals surface area contributed by atoms with Crippen LogP contribution in [0.5, 0.6) is 0 Å². The summed E-state index contributed by atoms with van der Waals surface area (Å²) in [6.07, 6.45) is -1.65. The second kappa shape index (κ2) is 4.35. The van der Waals surface area contributed by atoms with Crippen LogP contribution in [0.4, 0.5) is 17.6 Å². The molecule has 2 rings (SSSR count). The molecule has 96 valence electrons. The first kappa shape index (κ1) is 12.5. The van der Waals surface area contributed by atoms with Crippen molar-refractivity contribution in [3.05, 3.63) is 30.1 Å². The minimum Gasteiger partial charge on any atom is -0.327 e. The normalized spacial score (nSPS) is 15.8. The maximum atomic E-state index is 12.6. The zero-order valence-electron chi connectivity index (χ0n) is 8.91. The van der Waals surface area contributed by atoms with Gasteiger partial charge in [0, 0.05) is 18.7 Å². The number of carbonyl (C=O) groups excluding carboxylic acids is 1. The van der Waals surface area contributed by atoms with Crippen LogP contribution in [0, 0.1) is 5.82 Å². The molecule has 0 N–H and O–H groups in total. The lowest BCUT2D eigenvalue weighted by molar-refractivity contribution is -0.183. The van der Waals surface area contributed by atoms with Gasteiger partial charge in [0.05, 0.1) is 12.4 Å². The zero-order valence-corrected chi connectivity index (χ0v) is 8.91. The SMILES string of the molecule is O=C(N1CC=C(c2ncc(F)cn2)C1)C(F)(F)F. The largest absolute Gasteiger partial charge is 0.471 e. The number of hydrogen-bond donors (Lipinski definition) is 0. The van der Waals surface area contributed by atoms with Crippen molar-refractivity contribution < 1.29 is 22.4 Å². The summed E-state index contributed by atoms with van der Waals surface area (Å²) in [4.78, 5) is 18.9. The van der Waals surface area contributed by atoms with Crippen LogP contribution in [0.25, 0.3) is 5.57 Å². The van der Waals surface area contributed by atoms with E-state index in [0.29, 0.717) is 10.5 Å². The number of nitrogens with zero attached hydrogens (tertiary/aromatic N) is 3. The molecule has 1 amide bonds. The highest BCUT2D eigenvalue weighted by Crippen LogP contribution is 2.24. The zero-order chi connectivity index (χ0) is 13.3. The van der Waals surface area contributed by atoms with Crippen molar-refractivity contribution in [1.29, 1.82) is 0 Å². The molecule has 1 aliphatic heterocycles. The fourth-order valence-electron chi connectivity index (χ4n) is 1.53. The van der Waals surface area contributed by atoms with Crippen LogP contribution in [0.1, 0.15) is 5.82 Å². The van der Waals surface area contributed by atoms with Gasteiger partial charge in [0.25, 0.3) is 0 Å². The van der Waals surface area contributed by atoms with Crippen molar-refractivity contribution in [1.82, 2.24) is 14.9 Å². The quantitative estimate of drug-likeness (QED) is 0.718. The van der Waals surface area contributed by atoms with Gasteiger partial charge in [-0.05, 0) is 0 Å². The van der Waals surface area contributed by atoms with Crippen molar-refractivity contribution in [3.63, 3.8) is 0 Å².